The van der Waals surface area contributed by atoms with E-state index in [-0.39, 0.29) is 0 Å². The molecule has 0 aliphatic carbocycles. The molecule has 0 bridgehead atoms. The van der Waals surface area contributed by atoms with Crippen molar-refractivity contribution in [2.45, 2.75) is 6.92 Å². The number of rotatable bonds is 2. The number of aromatic nitrogens is 1. The summed E-state index contributed by atoms with van der Waals surface area (Å²) >= 11 is 5.87. The maximum atomic E-state index is 5.87. The Kier molecular flexibility index (Phi) is 2.55. The predicted octanol–water partition coefficient (Wildman–Crippen LogP) is 3.29. The third kappa shape index (κ3) is 1.66. The summed E-state index contributed by atoms with van der Waals surface area (Å²) in [5.74, 6) is 0.856. The van der Waals surface area contributed by atoms with E-state index < -0.39 is 0 Å². The van der Waals surface area contributed by atoms with E-state index in [2.05, 4.69) is 4.98 Å². The molecular formula is C11H10ClNO. The Morgan fingerprint density at radius 2 is 2.21 bits per heavy atom. The molecule has 0 unspecified atom stereocenters. The Hall–Kier alpha value is -1.28. The van der Waals surface area contributed by atoms with Gasteiger partial charge in [0.2, 0.25) is 0 Å². The van der Waals surface area contributed by atoms with Crippen molar-refractivity contribution in [1.82, 2.24) is 4.98 Å². The zero-order chi connectivity index (χ0) is 9.97. The quantitative estimate of drug-likeness (QED) is 0.754. The van der Waals surface area contributed by atoms with Crippen molar-refractivity contribution >= 4 is 22.5 Å². The largest absolute Gasteiger partial charge is 0.493 e. The predicted molar refractivity (Wildman–Crippen MR) is 57.9 cm³/mol. The van der Waals surface area contributed by atoms with Crippen LogP contribution in [0.5, 0.6) is 5.75 Å². The van der Waals surface area contributed by atoms with Gasteiger partial charge in [0.05, 0.1) is 12.1 Å². The first-order chi connectivity index (χ1) is 6.81. The molecule has 1 aromatic carbocycles. The summed E-state index contributed by atoms with van der Waals surface area (Å²) in [5.41, 5.74) is 0.864. The maximum absolute atomic E-state index is 5.87. The molecule has 72 valence electrons. The van der Waals surface area contributed by atoms with Crippen molar-refractivity contribution in [3.05, 3.63) is 35.5 Å². The van der Waals surface area contributed by atoms with Crippen molar-refractivity contribution in [3.63, 3.8) is 0 Å². The van der Waals surface area contributed by atoms with Crippen molar-refractivity contribution in [1.29, 1.82) is 0 Å². The van der Waals surface area contributed by atoms with Gasteiger partial charge in [0.1, 0.15) is 5.75 Å². The molecular weight excluding hydrogens is 198 g/mol. The Morgan fingerprint density at radius 1 is 1.36 bits per heavy atom. The van der Waals surface area contributed by atoms with Crippen LogP contribution in [-0.4, -0.2) is 11.6 Å². The number of nitrogens with zero attached hydrogens (tertiary/aromatic N) is 1. The normalized spacial score (nSPS) is 10.4. The minimum atomic E-state index is 0.655. The highest BCUT2D eigenvalue weighted by Crippen LogP contribution is 2.25. The van der Waals surface area contributed by atoms with Gasteiger partial charge < -0.3 is 4.74 Å². The summed E-state index contributed by atoms with van der Waals surface area (Å²) in [6, 6.07) is 7.46. The Labute approximate surface area is 87.5 Å². The Balaban J connectivity index is 2.62. The summed E-state index contributed by atoms with van der Waals surface area (Å²) < 4.78 is 5.48. The second-order valence-electron chi connectivity index (χ2n) is 2.90. The highest BCUT2D eigenvalue weighted by molar-refractivity contribution is 6.31. The van der Waals surface area contributed by atoms with Crippen LogP contribution in [0.3, 0.4) is 0 Å². The molecule has 1 heterocycles. The Morgan fingerprint density at radius 3 is 3.00 bits per heavy atom. The maximum Gasteiger partial charge on any atom is 0.130 e. The van der Waals surface area contributed by atoms with Crippen LogP contribution in [0.2, 0.25) is 5.02 Å². The van der Waals surface area contributed by atoms with Crippen molar-refractivity contribution in [2.24, 2.45) is 0 Å². The zero-order valence-corrected chi connectivity index (χ0v) is 8.58. The summed E-state index contributed by atoms with van der Waals surface area (Å²) in [6.45, 7) is 2.62. The molecule has 0 fully saturated rings. The van der Waals surface area contributed by atoms with Crippen LogP contribution in [0.1, 0.15) is 6.92 Å². The molecule has 14 heavy (non-hydrogen) atoms. The van der Waals surface area contributed by atoms with Gasteiger partial charge in [-0.15, -0.1) is 0 Å². The van der Waals surface area contributed by atoms with E-state index in [1.165, 1.54) is 0 Å². The summed E-state index contributed by atoms with van der Waals surface area (Å²) in [6.07, 6.45) is 1.73. The third-order valence-electron chi connectivity index (χ3n) is 1.96. The van der Waals surface area contributed by atoms with Crippen molar-refractivity contribution in [2.75, 3.05) is 6.61 Å². The Bertz CT molecular complexity index is 456. The topological polar surface area (TPSA) is 22.1 Å². The molecule has 2 rings (SSSR count). The first kappa shape index (κ1) is 9.28. The van der Waals surface area contributed by atoms with Gasteiger partial charge in [0, 0.05) is 16.6 Å². The molecule has 3 heteroatoms. The van der Waals surface area contributed by atoms with E-state index >= 15 is 0 Å². The van der Waals surface area contributed by atoms with Crippen LogP contribution in [0, 0.1) is 0 Å². The second-order valence-corrected chi connectivity index (χ2v) is 3.34. The van der Waals surface area contributed by atoms with Gasteiger partial charge in [-0.05, 0) is 31.2 Å². The molecule has 0 radical (unpaired) electrons. The fourth-order valence-electron chi connectivity index (χ4n) is 1.38. The first-order valence-corrected chi connectivity index (χ1v) is 4.86. The van der Waals surface area contributed by atoms with Gasteiger partial charge in [-0.2, -0.15) is 0 Å². The lowest BCUT2D eigenvalue weighted by Crippen LogP contribution is -1.92. The zero-order valence-electron chi connectivity index (χ0n) is 7.83. The smallest absolute Gasteiger partial charge is 0.130 e. The van der Waals surface area contributed by atoms with E-state index in [1.54, 1.807) is 6.20 Å². The molecule has 0 amide bonds. The van der Waals surface area contributed by atoms with Gasteiger partial charge in [-0.1, -0.05) is 11.6 Å². The standard InChI is InChI=1S/C11H10ClNO/c1-2-14-11-5-6-13-10-7-8(12)3-4-9(10)11/h3-7H,2H2,1H3. The molecule has 0 atom stereocenters. The number of ether oxygens (including phenoxy) is 1. The van der Waals surface area contributed by atoms with Gasteiger partial charge in [0.25, 0.3) is 0 Å². The third-order valence-corrected chi connectivity index (χ3v) is 2.20. The van der Waals surface area contributed by atoms with E-state index in [9.17, 15) is 0 Å². The van der Waals surface area contributed by atoms with Crippen LogP contribution in [0.25, 0.3) is 10.9 Å². The van der Waals surface area contributed by atoms with Gasteiger partial charge in [-0.25, -0.2) is 0 Å². The highest BCUT2D eigenvalue weighted by Gasteiger charge is 2.02. The average Bonchev–Trinajstić information content (AvgIpc) is 2.18. The lowest BCUT2D eigenvalue weighted by molar-refractivity contribution is 0.344. The molecule has 0 aliphatic rings. The molecule has 1 aromatic heterocycles. The minimum absolute atomic E-state index is 0.655. The monoisotopic (exact) mass is 207 g/mol. The van der Waals surface area contributed by atoms with E-state index in [0.717, 1.165) is 16.7 Å². The summed E-state index contributed by atoms with van der Waals surface area (Å²) in [5, 5.41) is 1.69. The van der Waals surface area contributed by atoms with Crippen LogP contribution < -0.4 is 4.74 Å². The SMILES string of the molecule is CCOc1ccnc2cc(Cl)ccc12. The molecule has 0 saturated heterocycles. The fourth-order valence-corrected chi connectivity index (χ4v) is 1.54. The number of benzene rings is 1. The van der Waals surface area contributed by atoms with Crippen LogP contribution in [0.4, 0.5) is 0 Å². The number of hydrogen-bond acceptors (Lipinski definition) is 2. The lowest BCUT2D eigenvalue weighted by Gasteiger charge is -2.06. The fraction of sp³-hybridized carbons (Fsp3) is 0.182. The van der Waals surface area contributed by atoms with Crippen LogP contribution in [-0.2, 0) is 0 Å². The average molecular weight is 208 g/mol. The number of pyridine rings is 1. The highest BCUT2D eigenvalue weighted by atomic mass is 35.5. The van der Waals surface area contributed by atoms with E-state index in [4.69, 9.17) is 16.3 Å². The summed E-state index contributed by atoms with van der Waals surface area (Å²) in [7, 11) is 0. The number of hydrogen-bond donors (Lipinski definition) is 0. The van der Waals surface area contributed by atoms with Crippen LogP contribution >= 0.6 is 11.6 Å². The van der Waals surface area contributed by atoms with E-state index in [1.807, 2.05) is 31.2 Å². The van der Waals surface area contributed by atoms with Crippen molar-refractivity contribution in [3.8, 4) is 5.75 Å². The minimum Gasteiger partial charge on any atom is -0.493 e. The molecule has 0 spiro atoms. The lowest BCUT2D eigenvalue weighted by atomic mass is 10.2. The molecule has 0 aliphatic heterocycles. The van der Waals surface area contributed by atoms with E-state index in [0.29, 0.717) is 11.6 Å². The van der Waals surface area contributed by atoms with Crippen LogP contribution in [0.15, 0.2) is 30.5 Å². The van der Waals surface area contributed by atoms with Gasteiger partial charge >= 0.3 is 0 Å². The van der Waals surface area contributed by atoms with Gasteiger partial charge in [0.15, 0.2) is 0 Å². The molecule has 0 N–H and O–H groups in total. The molecule has 0 saturated carbocycles. The number of halogens is 1. The number of fused-ring (bicyclic) bond motifs is 1. The summed E-state index contributed by atoms with van der Waals surface area (Å²) in [4.78, 5) is 4.22. The molecule has 2 aromatic rings. The second kappa shape index (κ2) is 3.84. The van der Waals surface area contributed by atoms with Gasteiger partial charge in [-0.3, -0.25) is 4.98 Å². The molecule has 2 nitrogen and oxygen atoms in total. The first-order valence-electron chi connectivity index (χ1n) is 4.48. The van der Waals surface area contributed by atoms with Crippen molar-refractivity contribution < 1.29 is 4.74 Å².